The molecule has 0 aliphatic heterocycles. The van der Waals surface area contributed by atoms with E-state index in [9.17, 15) is 0 Å². The number of hydrogen-bond acceptors (Lipinski definition) is 0. The summed E-state index contributed by atoms with van der Waals surface area (Å²) in [6, 6.07) is 20.1. The fourth-order valence-electron chi connectivity index (χ4n) is 2.47. The molecule has 152 valence electrons. The third kappa shape index (κ3) is 8.66. The number of benzene rings is 2. The second kappa shape index (κ2) is 8.52. The Morgan fingerprint density at radius 2 is 0.893 bits per heavy atom. The molecule has 0 unspecified atom stereocenters. The minimum atomic E-state index is -5.42. The first kappa shape index (κ1) is 24.7. The van der Waals surface area contributed by atoms with Crippen LogP contribution in [0.3, 0.4) is 0 Å². The van der Waals surface area contributed by atoms with Crippen molar-refractivity contribution in [1.82, 2.24) is 0 Å². The van der Waals surface area contributed by atoms with Crippen LogP contribution >= 0.6 is 64.6 Å². The van der Waals surface area contributed by atoms with Crippen molar-refractivity contribution in [3.63, 3.8) is 0 Å². The van der Waals surface area contributed by atoms with Crippen LogP contribution in [-0.4, -0.2) is 9.14 Å². The molecule has 0 N–H and O–H groups in total. The van der Waals surface area contributed by atoms with Crippen LogP contribution in [0.25, 0.3) is 22.6 Å². The van der Waals surface area contributed by atoms with E-state index in [1.165, 1.54) is 0 Å². The van der Waals surface area contributed by atoms with Gasteiger partial charge < -0.3 is 0 Å². The van der Waals surface area contributed by atoms with Gasteiger partial charge in [-0.2, -0.15) is 0 Å². The topological polar surface area (TPSA) is 11.3 Å². The predicted molar refractivity (Wildman–Crippen MR) is 129 cm³/mol. The van der Waals surface area contributed by atoms with Gasteiger partial charge in [-0.1, -0.05) is 48.0 Å². The molecule has 1 heterocycles. The summed E-state index contributed by atoms with van der Waals surface area (Å²) in [5, 5.41) is 0.763. The van der Waals surface area contributed by atoms with E-state index < -0.39 is 9.14 Å². The van der Waals surface area contributed by atoms with Gasteiger partial charge >= 0.3 is 73.6 Å². The summed E-state index contributed by atoms with van der Waals surface area (Å²) in [6.07, 6.45) is 0. The van der Waals surface area contributed by atoms with Gasteiger partial charge in [-0.15, -0.1) is 0 Å². The first-order valence-electron chi connectivity index (χ1n) is 7.93. The molecule has 2 aromatic carbocycles. The molecule has 9 heteroatoms. The molecule has 0 spiro atoms. The van der Waals surface area contributed by atoms with Gasteiger partial charge in [0.05, 0.1) is 27.3 Å². The van der Waals surface area contributed by atoms with E-state index in [0.717, 1.165) is 38.8 Å². The first-order chi connectivity index (χ1) is 12.6. The minimum absolute atomic E-state index is 0.763. The third-order valence-electron chi connectivity index (χ3n) is 3.62. The molecule has 3 rings (SSSR count). The van der Waals surface area contributed by atoms with Gasteiger partial charge in [0.1, 0.15) is 0 Å². The van der Waals surface area contributed by atoms with Gasteiger partial charge in [0.25, 0.3) is 0 Å². The molecule has 0 bridgehead atoms. The molecular formula is C19H16Cl7OSb. The fraction of sp³-hybridized carbons (Fsp3) is 0.105. The molecule has 0 fully saturated rings. The van der Waals surface area contributed by atoms with E-state index in [2.05, 4.69) is 0 Å². The van der Waals surface area contributed by atoms with Crippen molar-refractivity contribution < 1.29 is 4.42 Å². The molecular weight excluding hydrogens is 614 g/mol. The summed E-state index contributed by atoms with van der Waals surface area (Å²) in [4.78, 5) is 0. The van der Waals surface area contributed by atoms with E-state index in [4.69, 9.17) is 69.0 Å². The van der Waals surface area contributed by atoms with Gasteiger partial charge in [-0.3, -0.25) is 0 Å². The van der Waals surface area contributed by atoms with E-state index in [0.29, 0.717) is 0 Å². The molecule has 0 radical (unpaired) electrons. The zero-order chi connectivity index (χ0) is 21.2. The Bertz CT molecular complexity index is 895. The standard InChI is InChI=1S/C19H16ClO.6ClH.Sb/c1-13-17(20)14(2)19(16-11-7-4-8-12-16)21-18(13)15-9-5-3-6-10-15;;;;;;;/h3-12H,1-2H3;6*1H;/q+1;;;;;;;+5/p-6. The van der Waals surface area contributed by atoms with Crippen molar-refractivity contribution in [3.8, 4) is 22.6 Å². The molecule has 0 atom stereocenters. The third-order valence-corrected chi connectivity index (χ3v) is 4.18. The Labute approximate surface area is 189 Å². The maximum absolute atomic E-state index is 6.53. The molecule has 0 aliphatic rings. The first-order valence-corrected chi connectivity index (χ1v) is 27.7. The molecule has 3 aromatic rings. The molecule has 0 saturated carbocycles. The van der Waals surface area contributed by atoms with Gasteiger partial charge in [0.15, 0.2) is 0 Å². The van der Waals surface area contributed by atoms with Crippen molar-refractivity contribution in [3.05, 3.63) is 76.8 Å². The van der Waals surface area contributed by atoms with Crippen LogP contribution in [0, 0.1) is 13.8 Å². The zero-order valence-electron chi connectivity index (χ0n) is 14.8. The summed E-state index contributed by atoms with van der Waals surface area (Å²) >= 11 is 6.53. The quantitative estimate of drug-likeness (QED) is 0.203. The zero-order valence-corrected chi connectivity index (χ0v) is 22.6. The Morgan fingerprint density at radius 1 is 0.607 bits per heavy atom. The molecule has 0 amide bonds. The monoisotopic (exact) mass is 626 g/mol. The normalized spacial score (nSPS) is 13.8. The van der Waals surface area contributed by atoms with E-state index >= 15 is 0 Å². The van der Waals surface area contributed by atoms with Gasteiger partial charge in [0, 0.05) is 0 Å². The molecule has 0 saturated heterocycles. The second-order valence-corrected chi connectivity index (χ2v) is 63.3. The average molecular weight is 630 g/mol. The summed E-state index contributed by atoms with van der Waals surface area (Å²) in [7, 11) is 25.0. The van der Waals surface area contributed by atoms with Gasteiger partial charge in [0.2, 0.25) is 0 Å². The Balaban J connectivity index is 0.000000345. The molecule has 28 heavy (non-hydrogen) atoms. The van der Waals surface area contributed by atoms with Gasteiger partial charge in [-0.25, -0.2) is 4.42 Å². The van der Waals surface area contributed by atoms with Crippen molar-refractivity contribution in [2.45, 2.75) is 13.8 Å². The van der Waals surface area contributed by atoms with Crippen LogP contribution in [0.1, 0.15) is 11.1 Å². The van der Waals surface area contributed by atoms with Crippen LogP contribution in [0.4, 0.5) is 0 Å². The van der Waals surface area contributed by atoms with Crippen molar-refractivity contribution >= 4 is 73.7 Å². The summed E-state index contributed by atoms with van der Waals surface area (Å²) < 4.78 is 6.21. The van der Waals surface area contributed by atoms with Crippen molar-refractivity contribution in [2.24, 2.45) is 0 Å². The van der Waals surface area contributed by atoms with Crippen molar-refractivity contribution in [1.29, 1.82) is 0 Å². The Morgan fingerprint density at radius 3 is 1.18 bits per heavy atom. The summed E-state index contributed by atoms with van der Waals surface area (Å²) in [5.41, 5.74) is 4.02. The van der Waals surface area contributed by atoms with Crippen LogP contribution < -0.4 is 0 Å². The Kier molecular flexibility index (Phi) is 7.52. The number of rotatable bonds is 2. The van der Waals surface area contributed by atoms with Gasteiger partial charge in [-0.05, 0) is 38.1 Å². The van der Waals surface area contributed by atoms with Crippen LogP contribution in [0.2, 0.25) is 5.02 Å². The van der Waals surface area contributed by atoms with E-state index in [-0.39, 0.29) is 0 Å². The van der Waals surface area contributed by atoms with E-state index in [1.54, 1.807) is 0 Å². The fourth-order valence-corrected chi connectivity index (χ4v) is 2.64. The SMILES string of the molecule is Cc1c(-c2ccccc2)[o+]c(-c2ccccc2)c(C)c1Cl.[Cl][Sb-]([Cl])([Cl])([Cl])([Cl])[Cl]. The predicted octanol–water partition coefficient (Wildman–Crippen LogP) is 9.92. The molecule has 0 aliphatic carbocycles. The van der Waals surface area contributed by atoms with E-state index in [1.807, 2.05) is 74.5 Å². The summed E-state index contributed by atoms with van der Waals surface area (Å²) in [5.74, 6) is 1.65. The maximum atomic E-state index is 6.53. The summed E-state index contributed by atoms with van der Waals surface area (Å²) in [6.45, 7) is 3.99. The van der Waals surface area contributed by atoms with Crippen LogP contribution in [0.15, 0.2) is 65.1 Å². The molecule has 1 aromatic heterocycles. The number of halogens is 7. The average Bonchev–Trinajstić information content (AvgIpc) is 2.59. The Hall–Kier alpha value is 0.438. The molecule has 1 nitrogen and oxygen atoms in total. The van der Waals surface area contributed by atoms with Crippen LogP contribution in [0.5, 0.6) is 0 Å². The van der Waals surface area contributed by atoms with Crippen molar-refractivity contribution in [2.75, 3.05) is 0 Å². The van der Waals surface area contributed by atoms with Crippen LogP contribution in [-0.2, 0) is 0 Å². The number of hydrogen-bond donors (Lipinski definition) is 0. The second-order valence-electron chi connectivity index (χ2n) is 6.01.